The number of pyridine rings is 2. The van der Waals surface area contributed by atoms with Crippen LogP contribution in [0.25, 0.3) is 0 Å². The fourth-order valence-corrected chi connectivity index (χ4v) is 5.67. The van der Waals surface area contributed by atoms with E-state index < -0.39 is 5.60 Å². The molecule has 4 rings (SSSR count). The number of hydrogen-bond acceptors (Lipinski definition) is 7. The molecular formula is C30H45N5O3. The molecule has 0 spiro atoms. The molecule has 0 unspecified atom stereocenters. The minimum absolute atomic E-state index is 0.000750. The van der Waals surface area contributed by atoms with Crippen LogP contribution in [-0.4, -0.2) is 64.9 Å². The summed E-state index contributed by atoms with van der Waals surface area (Å²) in [4.78, 5) is 24.3. The van der Waals surface area contributed by atoms with Crippen LogP contribution in [0.2, 0.25) is 0 Å². The molecule has 38 heavy (non-hydrogen) atoms. The highest BCUT2D eigenvalue weighted by atomic mass is 16.6. The van der Waals surface area contributed by atoms with Gasteiger partial charge in [0.15, 0.2) is 0 Å². The van der Waals surface area contributed by atoms with E-state index in [4.69, 9.17) is 19.4 Å². The van der Waals surface area contributed by atoms with Gasteiger partial charge in [-0.3, -0.25) is 14.9 Å². The first-order chi connectivity index (χ1) is 18.2. The van der Waals surface area contributed by atoms with Gasteiger partial charge in [-0.1, -0.05) is 12.1 Å². The topological polar surface area (TPSA) is 88.6 Å². The SMILES string of the molecule is Cc1cccnc1[C@H]1CCC[C@@H](c2ncccc2C)N1CCNC[C@@H]1CC[C@@H](NC(=O)OC(C)(C)C)CO1. The number of likely N-dealkylation sites (tertiary alicyclic amines) is 1. The Morgan fingerprint density at radius 1 is 1.03 bits per heavy atom. The van der Waals surface area contributed by atoms with E-state index in [1.54, 1.807) is 0 Å². The zero-order valence-electron chi connectivity index (χ0n) is 23.7. The van der Waals surface area contributed by atoms with Gasteiger partial charge in [-0.05, 0) is 90.0 Å². The van der Waals surface area contributed by atoms with Gasteiger partial charge >= 0.3 is 6.09 Å². The van der Waals surface area contributed by atoms with E-state index in [9.17, 15) is 4.79 Å². The second-order valence-corrected chi connectivity index (χ2v) is 11.7. The molecule has 8 nitrogen and oxygen atoms in total. The average molecular weight is 524 g/mol. The van der Waals surface area contributed by atoms with Crippen LogP contribution < -0.4 is 10.6 Å². The number of aromatic nitrogens is 2. The van der Waals surface area contributed by atoms with E-state index in [1.807, 2.05) is 45.3 Å². The number of nitrogens with zero attached hydrogens (tertiary/aromatic N) is 3. The highest BCUT2D eigenvalue weighted by Gasteiger charge is 2.35. The van der Waals surface area contributed by atoms with Gasteiger partial charge in [0.25, 0.3) is 0 Å². The van der Waals surface area contributed by atoms with E-state index in [2.05, 4.69) is 41.5 Å². The second-order valence-electron chi connectivity index (χ2n) is 11.7. The summed E-state index contributed by atoms with van der Waals surface area (Å²) < 4.78 is 11.4. The molecular weight excluding hydrogens is 478 g/mol. The number of carbonyl (C=O) groups excluding carboxylic acids is 1. The van der Waals surface area contributed by atoms with E-state index in [0.29, 0.717) is 6.61 Å². The lowest BCUT2D eigenvalue weighted by Crippen LogP contribution is -2.47. The lowest BCUT2D eigenvalue weighted by Gasteiger charge is -2.42. The van der Waals surface area contributed by atoms with Crippen molar-refractivity contribution in [1.29, 1.82) is 0 Å². The third-order valence-corrected chi connectivity index (χ3v) is 7.50. The van der Waals surface area contributed by atoms with Gasteiger partial charge in [-0.25, -0.2) is 4.79 Å². The zero-order valence-corrected chi connectivity index (χ0v) is 23.7. The van der Waals surface area contributed by atoms with Gasteiger partial charge in [0.05, 0.1) is 42.2 Å². The van der Waals surface area contributed by atoms with Gasteiger partial charge in [0, 0.05) is 32.0 Å². The molecule has 2 aromatic rings. The first-order valence-corrected chi connectivity index (χ1v) is 14.1. The number of amides is 1. The predicted octanol–water partition coefficient (Wildman–Crippen LogP) is 5.02. The number of aryl methyl sites for hydroxylation is 2. The minimum atomic E-state index is -0.497. The molecule has 0 radical (unpaired) electrons. The Bertz CT molecular complexity index is 995. The third kappa shape index (κ3) is 7.74. The van der Waals surface area contributed by atoms with E-state index >= 15 is 0 Å². The number of ether oxygens (including phenoxy) is 2. The molecule has 0 aliphatic carbocycles. The number of alkyl carbamates (subject to hydrolysis) is 1. The molecule has 0 bridgehead atoms. The molecule has 2 fully saturated rings. The van der Waals surface area contributed by atoms with Crippen molar-refractivity contribution >= 4 is 6.09 Å². The fraction of sp³-hybridized carbons (Fsp3) is 0.633. The monoisotopic (exact) mass is 523 g/mol. The quantitative estimate of drug-likeness (QED) is 0.470. The highest BCUT2D eigenvalue weighted by molar-refractivity contribution is 5.68. The Morgan fingerprint density at radius 2 is 1.66 bits per heavy atom. The fourth-order valence-electron chi connectivity index (χ4n) is 5.67. The molecule has 4 atom stereocenters. The molecule has 2 aliphatic rings. The zero-order chi connectivity index (χ0) is 27.1. The van der Waals surface area contributed by atoms with Crippen molar-refractivity contribution in [2.24, 2.45) is 0 Å². The van der Waals surface area contributed by atoms with Gasteiger partial charge in [-0.15, -0.1) is 0 Å². The maximum Gasteiger partial charge on any atom is 0.407 e. The molecule has 208 valence electrons. The molecule has 0 aromatic carbocycles. The molecule has 2 aliphatic heterocycles. The largest absolute Gasteiger partial charge is 0.444 e. The smallest absolute Gasteiger partial charge is 0.407 e. The lowest BCUT2D eigenvalue weighted by molar-refractivity contribution is -0.00773. The van der Waals surface area contributed by atoms with Crippen molar-refractivity contribution in [1.82, 2.24) is 25.5 Å². The summed E-state index contributed by atoms with van der Waals surface area (Å²) in [6, 6.07) is 8.93. The summed E-state index contributed by atoms with van der Waals surface area (Å²) in [6.07, 6.45) is 8.79. The number of carbonyl (C=O) groups is 1. The normalized spacial score (nSPS) is 24.7. The summed E-state index contributed by atoms with van der Waals surface area (Å²) >= 11 is 0. The van der Waals surface area contributed by atoms with Crippen LogP contribution in [0.3, 0.4) is 0 Å². The first kappa shape index (κ1) is 28.5. The van der Waals surface area contributed by atoms with Crippen LogP contribution in [0.15, 0.2) is 36.7 Å². The Labute approximate surface area is 227 Å². The molecule has 1 amide bonds. The first-order valence-electron chi connectivity index (χ1n) is 14.1. The summed E-state index contributed by atoms with van der Waals surface area (Å²) in [5.41, 5.74) is 4.37. The predicted molar refractivity (Wildman–Crippen MR) is 149 cm³/mol. The molecule has 2 saturated heterocycles. The maximum atomic E-state index is 12.1. The van der Waals surface area contributed by atoms with Crippen molar-refractivity contribution in [3.05, 3.63) is 59.2 Å². The van der Waals surface area contributed by atoms with Crippen LogP contribution in [0.1, 0.15) is 87.5 Å². The summed E-state index contributed by atoms with van der Waals surface area (Å²) in [7, 11) is 0. The maximum absolute atomic E-state index is 12.1. The van der Waals surface area contributed by atoms with Gasteiger partial charge in [0.2, 0.25) is 0 Å². The van der Waals surface area contributed by atoms with E-state index in [1.165, 1.54) is 28.9 Å². The van der Waals surface area contributed by atoms with Crippen LogP contribution in [0.4, 0.5) is 4.79 Å². The molecule has 4 heterocycles. The molecule has 2 aromatic heterocycles. The highest BCUT2D eigenvalue weighted by Crippen LogP contribution is 2.41. The number of piperidine rings is 1. The average Bonchev–Trinajstić information content (AvgIpc) is 2.87. The Hall–Kier alpha value is -2.55. The summed E-state index contributed by atoms with van der Waals surface area (Å²) in [6.45, 7) is 13.0. The molecule has 0 saturated carbocycles. The standard InChI is InChI=1S/C30H45N5O3/c1-21-9-7-15-32-27(21)25-11-6-12-26(28-22(2)10-8-16-33-28)35(25)18-17-31-19-24-14-13-23(20-37-24)34-29(36)38-30(3,4)5/h7-10,15-16,23-26,31H,6,11-14,17-20H2,1-5H3,(H,34,36)/t23-,24+,25-,26+/m1/s1. The molecule has 2 N–H and O–H groups in total. The number of rotatable bonds is 8. The third-order valence-electron chi connectivity index (χ3n) is 7.50. The number of nitrogens with one attached hydrogen (secondary N) is 2. The van der Waals surface area contributed by atoms with Crippen molar-refractivity contribution in [2.75, 3.05) is 26.2 Å². The van der Waals surface area contributed by atoms with Crippen molar-refractivity contribution < 1.29 is 14.3 Å². The van der Waals surface area contributed by atoms with Crippen molar-refractivity contribution in [2.45, 2.75) is 96.6 Å². The number of hydrogen-bond donors (Lipinski definition) is 2. The van der Waals surface area contributed by atoms with Crippen LogP contribution in [-0.2, 0) is 9.47 Å². The second kappa shape index (κ2) is 13.0. The Morgan fingerprint density at radius 3 is 2.18 bits per heavy atom. The van der Waals surface area contributed by atoms with Crippen LogP contribution in [0, 0.1) is 13.8 Å². The van der Waals surface area contributed by atoms with E-state index in [-0.39, 0.29) is 30.3 Å². The van der Waals surface area contributed by atoms with Gasteiger partial charge in [-0.2, -0.15) is 0 Å². The van der Waals surface area contributed by atoms with Gasteiger partial charge < -0.3 is 20.1 Å². The van der Waals surface area contributed by atoms with Crippen molar-refractivity contribution in [3.63, 3.8) is 0 Å². The van der Waals surface area contributed by atoms with E-state index in [0.717, 1.165) is 45.3 Å². The summed E-state index contributed by atoms with van der Waals surface area (Å²) in [5.74, 6) is 0. The molecule has 8 heteroatoms. The lowest BCUT2D eigenvalue weighted by atomic mass is 9.89. The van der Waals surface area contributed by atoms with Gasteiger partial charge in [0.1, 0.15) is 5.60 Å². The minimum Gasteiger partial charge on any atom is -0.444 e. The Kier molecular flexibility index (Phi) is 9.74. The van der Waals surface area contributed by atoms with Crippen LogP contribution >= 0.6 is 0 Å². The summed E-state index contributed by atoms with van der Waals surface area (Å²) in [5, 5.41) is 6.57. The van der Waals surface area contributed by atoms with Crippen LogP contribution in [0.5, 0.6) is 0 Å². The van der Waals surface area contributed by atoms with Crippen molar-refractivity contribution in [3.8, 4) is 0 Å². The Balaban J connectivity index is 1.32.